The SMILES string of the molecule is CCC(C(=O)[O-])=C1CCN(c2ccc(C(C)C)cc2)C(c2ccc(C(F)(F)F)cc2)C1. The van der Waals surface area contributed by atoms with E-state index < -0.39 is 17.7 Å². The van der Waals surface area contributed by atoms with Gasteiger partial charge in [-0.1, -0.05) is 50.6 Å². The van der Waals surface area contributed by atoms with E-state index in [1.807, 2.05) is 12.1 Å². The summed E-state index contributed by atoms with van der Waals surface area (Å²) in [6.45, 7) is 6.59. The summed E-state index contributed by atoms with van der Waals surface area (Å²) >= 11 is 0. The summed E-state index contributed by atoms with van der Waals surface area (Å²) in [7, 11) is 0. The van der Waals surface area contributed by atoms with Crippen molar-refractivity contribution < 1.29 is 23.1 Å². The molecule has 0 aromatic heterocycles. The van der Waals surface area contributed by atoms with Crippen molar-refractivity contribution in [2.24, 2.45) is 0 Å². The molecule has 1 unspecified atom stereocenters. The molecule has 6 heteroatoms. The van der Waals surface area contributed by atoms with Crippen molar-refractivity contribution in [3.05, 3.63) is 76.4 Å². The Kier molecular flexibility index (Phi) is 6.77. The van der Waals surface area contributed by atoms with Gasteiger partial charge in [0.25, 0.3) is 0 Å². The summed E-state index contributed by atoms with van der Waals surface area (Å²) in [6.07, 6.45) is -3.01. The van der Waals surface area contributed by atoms with Crippen molar-refractivity contribution in [1.82, 2.24) is 0 Å². The molecule has 0 bridgehead atoms. The highest BCUT2D eigenvalue weighted by Crippen LogP contribution is 2.40. The highest BCUT2D eigenvalue weighted by molar-refractivity contribution is 5.85. The molecule has 0 aliphatic carbocycles. The van der Waals surface area contributed by atoms with E-state index >= 15 is 0 Å². The lowest BCUT2D eigenvalue weighted by Gasteiger charge is -2.40. The third-order valence-corrected chi connectivity index (χ3v) is 6.01. The topological polar surface area (TPSA) is 43.4 Å². The van der Waals surface area contributed by atoms with E-state index in [1.54, 1.807) is 6.92 Å². The van der Waals surface area contributed by atoms with Crippen molar-refractivity contribution in [2.45, 2.75) is 58.2 Å². The fraction of sp³-hybridized carbons (Fsp3) is 0.400. The fourth-order valence-electron chi connectivity index (χ4n) is 4.22. The largest absolute Gasteiger partial charge is 0.545 e. The standard InChI is InChI=1S/C25H28F3NO2/c1-4-22(24(30)31)19-13-14-29(21-11-7-17(8-12-21)16(2)3)23(15-19)18-5-9-20(10-6-18)25(26,27)28/h5-12,16,23H,4,13-15H2,1-3H3,(H,30,31)/p-1. The molecule has 3 rings (SSSR count). The third-order valence-electron chi connectivity index (χ3n) is 6.01. The molecule has 0 radical (unpaired) electrons. The molecule has 2 aromatic rings. The summed E-state index contributed by atoms with van der Waals surface area (Å²) in [5.74, 6) is -0.774. The quantitative estimate of drug-likeness (QED) is 0.578. The van der Waals surface area contributed by atoms with Crippen LogP contribution < -0.4 is 10.0 Å². The molecule has 1 fully saturated rings. The van der Waals surface area contributed by atoms with Crippen LogP contribution in [0.5, 0.6) is 0 Å². The Morgan fingerprint density at radius 2 is 1.71 bits per heavy atom. The minimum absolute atomic E-state index is 0.253. The second-order valence-electron chi connectivity index (χ2n) is 8.25. The van der Waals surface area contributed by atoms with Crippen LogP contribution in [-0.2, 0) is 11.0 Å². The lowest BCUT2D eigenvalue weighted by molar-refractivity contribution is -0.299. The minimum atomic E-state index is -4.40. The first-order chi connectivity index (χ1) is 14.6. The van der Waals surface area contributed by atoms with Crippen LogP contribution in [0.2, 0.25) is 0 Å². The number of alkyl halides is 3. The maximum Gasteiger partial charge on any atom is 0.416 e. The molecule has 1 saturated heterocycles. The van der Waals surface area contributed by atoms with E-state index in [2.05, 4.69) is 30.9 Å². The van der Waals surface area contributed by atoms with Crippen LogP contribution in [0.4, 0.5) is 18.9 Å². The number of anilines is 1. The van der Waals surface area contributed by atoms with Gasteiger partial charge in [0.1, 0.15) is 0 Å². The molecule has 1 heterocycles. The zero-order valence-electron chi connectivity index (χ0n) is 18.0. The maximum absolute atomic E-state index is 13.0. The van der Waals surface area contributed by atoms with E-state index in [0.29, 0.717) is 37.3 Å². The Hall–Kier alpha value is -2.76. The molecule has 0 amide bonds. The first kappa shape index (κ1) is 22.9. The third kappa shape index (κ3) is 5.12. The summed E-state index contributed by atoms with van der Waals surface area (Å²) in [5, 5.41) is 11.6. The molecule has 3 nitrogen and oxygen atoms in total. The number of hydrogen-bond donors (Lipinski definition) is 0. The second kappa shape index (κ2) is 9.16. The number of carbonyl (C=O) groups is 1. The fourth-order valence-corrected chi connectivity index (χ4v) is 4.22. The summed E-state index contributed by atoms with van der Waals surface area (Å²) in [6, 6.07) is 13.1. The summed E-state index contributed by atoms with van der Waals surface area (Å²) < 4.78 is 39.1. The van der Waals surface area contributed by atoms with Crippen molar-refractivity contribution in [2.75, 3.05) is 11.4 Å². The number of aliphatic carboxylic acids is 1. The Morgan fingerprint density at radius 3 is 2.19 bits per heavy atom. The molecule has 166 valence electrons. The van der Waals surface area contributed by atoms with Crippen LogP contribution in [0.25, 0.3) is 0 Å². The maximum atomic E-state index is 13.0. The molecular formula is C25H27F3NO2-. The number of halogens is 3. The first-order valence-corrected chi connectivity index (χ1v) is 10.6. The number of rotatable bonds is 5. The predicted octanol–water partition coefficient (Wildman–Crippen LogP) is 5.63. The first-order valence-electron chi connectivity index (χ1n) is 10.6. The monoisotopic (exact) mass is 430 g/mol. The smallest absolute Gasteiger partial charge is 0.416 e. The molecule has 31 heavy (non-hydrogen) atoms. The van der Waals surface area contributed by atoms with Crippen molar-refractivity contribution >= 4 is 11.7 Å². The van der Waals surface area contributed by atoms with Gasteiger partial charge in [0.2, 0.25) is 0 Å². The lowest BCUT2D eigenvalue weighted by Crippen LogP contribution is -2.36. The van der Waals surface area contributed by atoms with Gasteiger partial charge in [-0.2, -0.15) is 13.2 Å². The van der Waals surface area contributed by atoms with Crippen LogP contribution in [0.3, 0.4) is 0 Å². The van der Waals surface area contributed by atoms with Gasteiger partial charge in [-0.3, -0.25) is 0 Å². The Morgan fingerprint density at radius 1 is 1.10 bits per heavy atom. The average Bonchev–Trinajstić information content (AvgIpc) is 2.73. The van der Waals surface area contributed by atoms with Gasteiger partial charge in [0, 0.05) is 12.2 Å². The molecule has 1 aliphatic rings. The minimum Gasteiger partial charge on any atom is -0.545 e. The molecular weight excluding hydrogens is 403 g/mol. The van der Waals surface area contributed by atoms with Gasteiger partial charge in [-0.15, -0.1) is 0 Å². The number of nitrogens with zero attached hydrogens (tertiary/aromatic N) is 1. The normalized spacial score (nSPS) is 18.9. The van der Waals surface area contributed by atoms with Crippen LogP contribution in [0.15, 0.2) is 59.7 Å². The number of carboxylic acids is 1. The van der Waals surface area contributed by atoms with Gasteiger partial charge in [-0.25, -0.2) is 0 Å². The van der Waals surface area contributed by atoms with E-state index in [1.165, 1.54) is 17.7 Å². The number of carboxylic acid groups (broad SMARTS) is 1. The van der Waals surface area contributed by atoms with E-state index in [9.17, 15) is 23.1 Å². The molecule has 0 saturated carbocycles. The Labute approximate surface area is 181 Å². The molecule has 0 spiro atoms. The van der Waals surface area contributed by atoms with Gasteiger partial charge in [0.05, 0.1) is 17.6 Å². The lowest BCUT2D eigenvalue weighted by atomic mass is 9.87. The molecule has 2 aromatic carbocycles. The van der Waals surface area contributed by atoms with E-state index in [-0.39, 0.29) is 6.04 Å². The highest BCUT2D eigenvalue weighted by atomic mass is 19.4. The van der Waals surface area contributed by atoms with Crippen LogP contribution in [0.1, 0.15) is 68.7 Å². The van der Waals surface area contributed by atoms with Crippen molar-refractivity contribution in [3.8, 4) is 0 Å². The predicted molar refractivity (Wildman–Crippen MR) is 114 cm³/mol. The van der Waals surface area contributed by atoms with E-state index in [4.69, 9.17) is 0 Å². The van der Waals surface area contributed by atoms with Gasteiger partial charge < -0.3 is 14.8 Å². The number of carbonyl (C=O) groups excluding carboxylic acids is 1. The van der Waals surface area contributed by atoms with Gasteiger partial charge in [0.15, 0.2) is 0 Å². The van der Waals surface area contributed by atoms with E-state index in [0.717, 1.165) is 29.0 Å². The van der Waals surface area contributed by atoms with Gasteiger partial charge >= 0.3 is 6.18 Å². The van der Waals surface area contributed by atoms with Crippen molar-refractivity contribution in [3.63, 3.8) is 0 Å². The van der Waals surface area contributed by atoms with Gasteiger partial charge in [-0.05, 0) is 66.1 Å². The Bertz CT molecular complexity index is 944. The van der Waals surface area contributed by atoms with Crippen LogP contribution in [-0.4, -0.2) is 12.5 Å². The molecule has 1 aliphatic heterocycles. The molecule has 0 N–H and O–H groups in total. The number of hydrogen-bond acceptors (Lipinski definition) is 3. The zero-order valence-corrected chi connectivity index (χ0v) is 18.0. The molecule has 1 atom stereocenters. The summed E-state index contributed by atoms with van der Waals surface area (Å²) in [5.41, 5.74) is 3.32. The Balaban J connectivity index is 2.00. The second-order valence-corrected chi connectivity index (χ2v) is 8.25. The number of benzene rings is 2. The van der Waals surface area contributed by atoms with Crippen LogP contribution >= 0.6 is 0 Å². The zero-order chi connectivity index (χ0) is 22.8. The highest BCUT2D eigenvalue weighted by Gasteiger charge is 2.32. The van der Waals surface area contributed by atoms with Crippen LogP contribution in [0, 0.1) is 0 Å². The summed E-state index contributed by atoms with van der Waals surface area (Å²) in [4.78, 5) is 13.7. The average molecular weight is 430 g/mol. The van der Waals surface area contributed by atoms with Crippen molar-refractivity contribution in [1.29, 1.82) is 0 Å². The number of piperidine rings is 1.